The Morgan fingerprint density at radius 1 is 1.35 bits per heavy atom. The zero-order chi connectivity index (χ0) is 17.5. The van der Waals surface area contributed by atoms with Gasteiger partial charge in [-0.15, -0.1) is 0 Å². The van der Waals surface area contributed by atoms with Crippen molar-refractivity contribution in [1.82, 2.24) is 10.2 Å². The molecule has 6 heteroatoms. The second kappa shape index (κ2) is 9.11. The summed E-state index contributed by atoms with van der Waals surface area (Å²) in [5.74, 6) is 0.809. The van der Waals surface area contributed by atoms with Crippen molar-refractivity contribution in [3.8, 4) is 0 Å². The lowest BCUT2D eigenvalue weighted by atomic mass is 9.83. The first-order valence-corrected chi connectivity index (χ1v) is 8.68. The van der Waals surface area contributed by atoms with Gasteiger partial charge in [-0.05, 0) is 25.7 Å². The summed E-state index contributed by atoms with van der Waals surface area (Å²) in [7, 11) is 1.44. The zero-order valence-electron chi connectivity index (χ0n) is 15.3. The number of ether oxygens (including phenoxy) is 1. The van der Waals surface area contributed by atoms with Crippen molar-refractivity contribution < 1.29 is 14.6 Å². The van der Waals surface area contributed by atoms with Gasteiger partial charge in [0, 0.05) is 25.0 Å². The van der Waals surface area contributed by atoms with Gasteiger partial charge in [-0.1, -0.05) is 20.8 Å². The van der Waals surface area contributed by atoms with Gasteiger partial charge in [-0.2, -0.15) is 0 Å². The van der Waals surface area contributed by atoms with Gasteiger partial charge in [0.25, 0.3) is 0 Å². The number of nitrogens with one attached hydrogen (secondary N) is 1. The Labute approximate surface area is 140 Å². The summed E-state index contributed by atoms with van der Waals surface area (Å²) in [6.07, 6.45) is 1.79. The monoisotopic (exact) mass is 327 g/mol. The number of guanidine groups is 1. The average Bonchev–Trinajstić information content (AvgIpc) is 2.96. The standard InChI is InChI=1S/C17H33N3O3/c1-6-17(7-2,12-21)11-19-16(18-8-3)20-9-13(4)14(10-20)15(22)23-5/h13-14,21H,6-12H2,1-5H3,(H,18,19). The van der Waals surface area contributed by atoms with E-state index in [2.05, 4.69) is 31.0 Å². The van der Waals surface area contributed by atoms with Crippen molar-refractivity contribution in [1.29, 1.82) is 0 Å². The molecule has 0 spiro atoms. The number of esters is 1. The predicted octanol–water partition coefficient (Wildman–Crippen LogP) is 1.49. The molecule has 0 saturated carbocycles. The van der Waals surface area contributed by atoms with E-state index in [1.807, 2.05) is 6.92 Å². The maximum absolute atomic E-state index is 11.9. The van der Waals surface area contributed by atoms with Crippen LogP contribution in [0, 0.1) is 17.3 Å². The van der Waals surface area contributed by atoms with E-state index in [1.165, 1.54) is 7.11 Å². The van der Waals surface area contributed by atoms with E-state index in [-0.39, 0.29) is 29.8 Å². The molecule has 23 heavy (non-hydrogen) atoms. The lowest BCUT2D eigenvalue weighted by Crippen LogP contribution is -2.41. The van der Waals surface area contributed by atoms with Crippen LogP contribution in [0.3, 0.4) is 0 Å². The van der Waals surface area contributed by atoms with Crippen molar-refractivity contribution in [2.24, 2.45) is 22.2 Å². The third-order valence-electron chi connectivity index (χ3n) is 5.15. The highest BCUT2D eigenvalue weighted by molar-refractivity contribution is 5.82. The molecular weight excluding hydrogens is 294 g/mol. The Kier molecular flexibility index (Phi) is 7.82. The van der Waals surface area contributed by atoms with E-state index >= 15 is 0 Å². The predicted molar refractivity (Wildman–Crippen MR) is 92.3 cm³/mol. The van der Waals surface area contributed by atoms with Gasteiger partial charge >= 0.3 is 5.97 Å². The molecule has 1 aliphatic heterocycles. The normalized spacial score (nSPS) is 22.3. The van der Waals surface area contributed by atoms with Crippen LogP contribution in [0.4, 0.5) is 0 Å². The van der Waals surface area contributed by atoms with Crippen molar-refractivity contribution in [2.45, 2.75) is 40.5 Å². The van der Waals surface area contributed by atoms with E-state index in [4.69, 9.17) is 9.73 Å². The Morgan fingerprint density at radius 2 is 2.00 bits per heavy atom. The van der Waals surface area contributed by atoms with Crippen LogP contribution in [0.25, 0.3) is 0 Å². The number of likely N-dealkylation sites (tertiary alicyclic amines) is 1. The summed E-state index contributed by atoms with van der Waals surface area (Å²) in [5.41, 5.74) is -0.159. The van der Waals surface area contributed by atoms with E-state index < -0.39 is 0 Å². The summed E-state index contributed by atoms with van der Waals surface area (Å²) < 4.78 is 4.90. The third-order valence-corrected chi connectivity index (χ3v) is 5.15. The van der Waals surface area contributed by atoms with Gasteiger partial charge in [0.1, 0.15) is 0 Å². The Hall–Kier alpha value is -1.30. The number of aliphatic imine (C=N–C) groups is 1. The minimum Gasteiger partial charge on any atom is -0.469 e. The fourth-order valence-electron chi connectivity index (χ4n) is 3.01. The highest BCUT2D eigenvalue weighted by Gasteiger charge is 2.37. The van der Waals surface area contributed by atoms with E-state index in [1.54, 1.807) is 0 Å². The summed E-state index contributed by atoms with van der Waals surface area (Å²) >= 11 is 0. The molecule has 6 nitrogen and oxygen atoms in total. The SMILES string of the molecule is CCNC(=NCC(CC)(CC)CO)N1CC(C)C(C(=O)OC)C1. The molecule has 1 fully saturated rings. The molecule has 1 saturated heterocycles. The number of hydrogen-bond donors (Lipinski definition) is 2. The molecule has 0 bridgehead atoms. The van der Waals surface area contributed by atoms with Crippen LogP contribution < -0.4 is 5.32 Å². The van der Waals surface area contributed by atoms with Crippen molar-refractivity contribution in [2.75, 3.05) is 39.9 Å². The van der Waals surface area contributed by atoms with Crippen LogP contribution in [-0.2, 0) is 9.53 Å². The molecular formula is C17H33N3O3. The van der Waals surface area contributed by atoms with E-state index in [9.17, 15) is 9.90 Å². The first kappa shape index (κ1) is 19.7. The number of carbonyl (C=O) groups is 1. The van der Waals surface area contributed by atoms with Gasteiger partial charge in [0.2, 0.25) is 0 Å². The van der Waals surface area contributed by atoms with E-state index in [0.29, 0.717) is 13.1 Å². The highest BCUT2D eigenvalue weighted by Crippen LogP contribution is 2.27. The zero-order valence-corrected chi connectivity index (χ0v) is 15.3. The van der Waals surface area contributed by atoms with Crippen LogP contribution in [0.5, 0.6) is 0 Å². The molecule has 0 aliphatic carbocycles. The van der Waals surface area contributed by atoms with E-state index in [0.717, 1.165) is 31.9 Å². The molecule has 1 aliphatic rings. The number of methoxy groups -OCH3 is 1. The number of aliphatic hydroxyl groups excluding tert-OH is 1. The maximum atomic E-state index is 11.9. The van der Waals surface area contributed by atoms with Crippen molar-refractivity contribution in [3.05, 3.63) is 0 Å². The summed E-state index contributed by atoms with van der Waals surface area (Å²) in [6.45, 7) is 11.2. The van der Waals surface area contributed by atoms with Crippen LogP contribution >= 0.6 is 0 Å². The first-order chi connectivity index (χ1) is 11.0. The average molecular weight is 327 g/mol. The smallest absolute Gasteiger partial charge is 0.310 e. The topological polar surface area (TPSA) is 74.2 Å². The molecule has 0 radical (unpaired) electrons. The number of rotatable bonds is 7. The Morgan fingerprint density at radius 3 is 2.48 bits per heavy atom. The molecule has 0 aromatic heterocycles. The fraction of sp³-hybridized carbons (Fsp3) is 0.882. The summed E-state index contributed by atoms with van der Waals surface area (Å²) in [6, 6.07) is 0. The van der Waals surface area contributed by atoms with Crippen LogP contribution in [0.2, 0.25) is 0 Å². The maximum Gasteiger partial charge on any atom is 0.310 e. The first-order valence-electron chi connectivity index (χ1n) is 8.68. The van der Waals surface area contributed by atoms with Gasteiger partial charge in [0.15, 0.2) is 5.96 Å². The van der Waals surface area contributed by atoms with Gasteiger partial charge in [-0.25, -0.2) is 0 Å². The van der Waals surface area contributed by atoms with Gasteiger partial charge < -0.3 is 20.1 Å². The minimum absolute atomic E-state index is 0.108. The van der Waals surface area contributed by atoms with Gasteiger partial charge in [-0.3, -0.25) is 9.79 Å². The number of aliphatic hydroxyl groups is 1. The van der Waals surface area contributed by atoms with Crippen LogP contribution in [-0.4, -0.2) is 61.8 Å². The molecule has 1 heterocycles. The second-order valence-corrected chi connectivity index (χ2v) is 6.55. The summed E-state index contributed by atoms with van der Waals surface area (Å²) in [4.78, 5) is 18.7. The Balaban J connectivity index is 2.86. The lowest BCUT2D eigenvalue weighted by Gasteiger charge is -2.29. The molecule has 0 aromatic carbocycles. The largest absolute Gasteiger partial charge is 0.469 e. The molecule has 1 rings (SSSR count). The lowest BCUT2D eigenvalue weighted by molar-refractivity contribution is -0.145. The number of nitrogens with zero attached hydrogens (tertiary/aromatic N) is 2. The molecule has 2 atom stereocenters. The number of hydrogen-bond acceptors (Lipinski definition) is 4. The minimum atomic E-state index is -0.159. The van der Waals surface area contributed by atoms with Crippen molar-refractivity contribution in [3.63, 3.8) is 0 Å². The molecule has 0 aromatic rings. The molecule has 134 valence electrons. The molecule has 0 amide bonds. The fourth-order valence-corrected chi connectivity index (χ4v) is 3.01. The van der Waals surface area contributed by atoms with Crippen LogP contribution in [0.1, 0.15) is 40.5 Å². The van der Waals surface area contributed by atoms with Crippen molar-refractivity contribution >= 4 is 11.9 Å². The summed E-state index contributed by atoms with van der Waals surface area (Å²) in [5, 5.41) is 13.0. The second-order valence-electron chi connectivity index (χ2n) is 6.55. The number of carbonyl (C=O) groups excluding carboxylic acids is 1. The molecule has 2 N–H and O–H groups in total. The Bertz CT molecular complexity index is 400. The third kappa shape index (κ3) is 4.83. The van der Waals surface area contributed by atoms with Gasteiger partial charge in [0.05, 0.1) is 26.2 Å². The highest BCUT2D eigenvalue weighted by atomic mass is 16.5. The molecule has 2 unspecified atom stereocenters. The quantitative estimate of drug-likeness (QED) is 0.421. The van der Waals surface area contributed by atoms with Crippen LogP contribution in [0.15, 0.2) is 4.99 Å².